The number of nitrogens with zero attached hydrogens (tertiary/aromatic N) is 4. The maximum Gasteiger partial charge on any atom is 0.201 e. The number of anilines is 1. The van der Waals surface area contributed by atoms with Gasteiger partial charge in [-0.05, 0) is 18.6 Å². The van der Waals surface area contributed by atoms with Crippen LogP contribution in [0.4, 0.5) is 5.95 Å². The molecule has 0 amide bonds. The summed E-state index contributed by atoms with van der Waals surface area (Å²) in [6.07, 6.45) is 4.52. The fourth-order valence-electron chi connectivity index (χ4n) is 1.84. The van der Waals surface area contributed by atoms with Crippen molar-refractivity contribution in [2.75, 3.05) is 11.9 Å². The Balaban J connectivity index is 1.53. The van der Waals surface area contributed by atoms with E-state index in [9.17, 15) is 0 Å². The van der Waals surface area contributed by atoms with E-state index >= 15 is 0 Å². The van der Waals surface area contributed by atoms with Crippen molar-refractivity contribution in [2.45, 2.75) is 13.0 Å². The van der Waals surface area contributed by atoms with Crippen LogP contribution in [0.3, 0.4) is 0 Å². The first-order valence-electron chi connectivity index (χ1n) is 5.94. The van der Waals surface area contributed by atoms with Crippen LogP contribution >= 0.6 is 0 Å². The number of aromatic amines is 1. The molecule has 3 rings (SSSR count). The first-order valence-corrected chi connectivity index (χ1v) is 5.94. The van der Waals surface area contributed by atoms with Crippen molar-refractivity contribution in [1.82, 2.24) is 25.0 Å². The molecule has 0 bridgehead atoms. The van der Waals surface area contributed by atoms with E-state index in [1.807, 2.05) is 35.1 Å². The molecule has 0 fully saturated rings. The van der Waals surface area contributed by atoms with Crippen molar-refractivity contribution < 1.29 is 0 Å². The molecule has 0 unspecified atom stereocenters. The Kier molecular flexibility index (Phi) is 2.91. The molecule has 0 aliphatic carbocycles. The third-order valence-corrected chi connectivity index (χ3v) is 2.72. The van der Waals surface area contributed by atoms with Crippen molar-refractivity contribution in [2.24, 2.45) is 0 Å². The van der Waals surface area contributed by atoms with E-state index in [2.05, 4.69) is 25.6 Å². The Bertz CT molecular complexity index is 579. The molecule has 0 saturated carbocycles. The topological polar surface area (TPSA) is 71.4 Å². The Morgan fingerprint density at radius 2 is 2.22 bits per heavy atom. The smallest absolute Gasteiger partial charge is 0.201 e. The van der Waals surface area contributed by atoms with E-state index in [-0.39, 0.29) is 0 Å². The molecular weight excluding hydrogens is 228 g/mol. The average Bonchev–Trinajstić information content (AvgIpc) is 3.03. The van der Waals surface area contributed by atoms with Gasteiger partial charge in [-0.3, -0.25) is 4.68 Å². The molecule has 0 spiro atoms. The number of nitrogens with one attached hydrogen (secondary N) is 2. The van der Waals surface area contributed by atoms with Crippen molar-refractivity contribution >= 4 is 17.0 Å². The molecule has 92 valence electrons. The van der Waals surface area contributed by atoms with Crippen LogP contribution in [0.5, 0.6) is 0 Å². The minimum Gasteiger partial charge on any atom is -0.356 e. The molecular formula is C12H14N6. The molecule has 0 aliphatic rings. The third kappa shape index (κ3) is 2.32. The second kappa shape index (κ2) is 4.87. The molecule has 0 aliphatic heterocycles. The average molecular weight is 242 g/mol. The summed E-state index contributed by atoms with van der Waals surface area (Å²) in [5.41, 5.74) is 2.03. The highest BCUT2D eigenvalue weighted by molar-refractivity contribution is 5.77. The van der Waals surface area contributed by atoms with E-state index in [1.165, 1.54) is 0 Å². The molecule has 3 aromatic rings. The van der Waals surface area contributed by atoms with Crippen LogP contribution < -0.4 is 5.32 Å². The number of hydrogen-bond acceptors (Lipinski definition) is 4. The molecule has 0 saturated heterocycles. The van der Waals surface area contributed by atoms with Gasteiger partial charge in [0.15, 0.2) is 0 Å². The van der Waals surface area contributed by atoms with Gasteiger partial charge in [0.2, 0.25) is 5.95 Å². The number of H-pyrrole nitrogens is 1. The van der Waals surface area contributed by atoms with Gasteiger partial charge < -0.3 is 10.3 Å². The molecule has 1 aromatic carbocycles. The van der Waals surface area contributed by atoms with Crippen LogP contribution in [0.1, 0.15) is 6.42 Å². The maximum atomic E-state index is 4.45. The van der Waals surface area contributed by atoms with E-state index in [1.54, 1.807) is 6.20 Å². The first-order chi connectivity index (χ1) is 8.92. The highest BCUT2D eigenvalue weighted by Crippen LogP contribution is 2.12. The van der Waals surface area contributed by atoms with Crippen LogP contribution in [0.15, 0.2) is 36.7 Å². The lowest BCUT2D eigenvalue weighted by atomic mass is 10.3. The molecule has 18 heavy (non-hydrogen) atoms. The van der Waals surface area contributed by atoms with E-state index < -0.39 is 0 Å². The Labute approximate surface area is 104 Å². The SMILES string of the molecule is c1ccc2[nH]c(NCCCn3ccnn3)nc2c1. The van der Waals surface area contributed by atoms with Gasteiger partial charge in [-0.2, -0.15) is 0 Å². The van der Waals surface area contributed by atoms with Gasteiger partial charge in [0.25, 0.3) is 0 Å². The van der Waals surface area contributed by atoms with Crippen molar-refractivity contribution in [3.63, 3.8) is 0 Å². The number of imidazole rings is 1. The summed E-state index contributed by atoms with van der Waals surface area (Å²) in [6, 6.07) is 7.99. The Morgan fingerprint density at radius 1 is 1.28 bits per heavy atom. The van der Waals surface area contributed by atoms with Gasteiger partial charge in [-0.1, -0.05) is 17.3 Å². The molecule has 2 aromatic heterocycles. The number of para-hydroxylation sites is 2. The largest absolute Gasteiger partial charge is 0.356 e. The van der Waals surface area contributed by atoms with Gasteiger partial charge in [0, 0.05) is 19.3 Å². The van der Waals surface area contributed by atoms with Crippen LogP contribution in [0.2, 0.25) is 0 Å². The number of aryl methyl sites for hydroxylation is 1. The molecule has 6 nitrogen and oxygen atoms in total. The lowest BCUT2D eigenvalue weighted by Crippen LogP contribution is -2.08. The highest BCUT2D eigenvalue weighted by Gasteiger charge is 2.00. The fraction of sp³-hybridized carbons (Fsp3) is 0.250. The van der Waals surface area contributed by atoms with E-state index in [0.717, 1.165) is 36.5 Å². The van der Waals surface area contributed by atoms with Crippen LogP contribution in [-0.4, -0.2) is 31.5 Å². The number of fused-ring (bicyclic) bond motifs is 1. The molecule has 6 heteroatoms. The summed E-state index contributed by atoms with van der Waals surface area (Å²) in [7, 11) is 0. The summed E-state index contributed by atoms with van der Waals surface area (Å²) >= 11 is 0. The minimum absolute atomic E-state index is 0.815. The number of aromatic nitrogens is 5. The highest BCUT2D eigenvalue weighted by atomic mass is 15.4. The summed E-state index contributed by atoms with van der Waals surface area (Å²) in [6.45, 7) is 1.70. The maximum absolute atomic E-state index is 4.45. The normalized spacial score (nSPS) is 10.9. The Hall–Kier alpha value is -2.37. The lowest BCUT2D eigenvalue weighted by molar-refractivity contribution is 0.569. The van der Waals surface area contributed by atoms with Crippen molar-refractivity contribution in [3.05, 3.63) is 36.7 Å². The van der Waals surface area contributed by atoms with Gasteiger partial charge in [-0.15, -0.1) is 5.10 Å². The zero-order valence-electron chi connectivity index (χ0n) is 9.87. The predicted molar refractivity (Wildman–Crippen MR) is 69.2 cm³/mol. The standard InChI is InChI=1S/C12H14N6/c1-2-5-11-10(4-1)15-12(16-11)13-6-3-8-18-9-7-14-17-18/h1-2,4-5,7,9H,3,6,8H2,(H2,13,15,16). The second-order valence-corrected chi connectivity index (χ2v) is 4.05. The van der Waals surface area contributed by atoms with Crippen LogP contribution in [-0.2, 0) is 6.54 Å². The van der Waals surface area contributed by atoms with Gasteiger partial charge in [0.05, 0.1) is 17.2 Å². The molecule has 0 radical (unpaired) electrons. The van der Waals surface area contributed by atoms with Crippen molar-refractivity contribution in [1.29, 1.82) is 0 Å². The number of benzene rings is 1. The minimum atomic E-state index is 0.815. The fourth-order valence-corrected chi connectivity index (χ4v) is 1.84. The number of rotatable bonds is 5. The van der Waals surface area contributed by atoms with Gasteiger partial charge in [0.1, 0.15) is 0 Å². The lowest BCUT2D eigenvalue weighted by Gasteiger charge is -2.02. The van der Waals surface area contributed by atoms with Crippen LogP contribution in [0.25, 0.3) is 11.0 Å². The zero-order valence-corrected chi connectivity index (χ0v) is 9.87. The molecule has 2 heterocycles. The van der Waals surface area contributed by atoms with Gasteiger partial charge >= 0.3 is 0 Å². The number of hydrogen-bond donors (Lipinski definition) is 2. The summed E-state index contributed by atoms with van der Waals surface area (Å²) in [4.78, 5) is 7.68. The first kappa shape index (κ1) is 10.8. The van der Waals surface area contributed by atoms with Crippen molar-refractivity contribution in [3.8, 4) is 0 Å². The van der Waals surface area contributed by atoms with E-state index in [0.29, 0.717) is 0 Å². The molecule has 0 atom stereocenters. The predicted octanol–water partition coefficient (Wildman–Crippen LogP) is 1.66. The second-order valence-electron chi connectivity index (χ2n) is 4.05. The summed E-state index contributed by atoms with van der Waals surface area (Å²) < 4.78 is 1.82. The third-order valence-electron chi connectivity index (χ3n) is 2.72. The Morgan fingerprint density at radius 3 is 3.06 bits per heavy atom. The molecule has 2 N–H and O–H groups in total. The van der Waals surface area contributed by atoms with E-state index in [4.69, 9.17) is 0 Å². The monoisotopic (exact) mass is 242 g/mol. The quantitative estimate of drug-likeness (QED) is 0.667. The zero-order chi connectivity index (χ0) is 12.2. The van der Waals surface area contributed by atoms with Crippen LogP contribution in [0, 0.1) is 0 Å². The summed E-state index contributed by atoms with van der Waals surface area (Å²) in [5, 5.41) is 10.9. The van der Waals surface area contributed by atoms with Gasteiger partial charge in [-0.25, -0.2) is 4.98 Å². The summed E-state index contributed by atoms with van der Waals surface area (Å²) in [5.74, 6) is 0.815.